The molecule has 24 aromatic carbocycles. The van der Waals surface area contributed by atoms with Gasteiger partial charge in [-0.3, -0.25) is 9.13 Å². The summed E-state index contributed by atoms with van der Waals surface area (Å²) >= 11 is 0. The molecule has 0 radical (unpaired) electrons. The summed E-state index contributed by atoms with van der Waals surface area (Å²) in [6.07, 6.45) is 0. The van der Waals surface area contributed by atoms with Crippen LogP contribution in [0.5, 0.6) is 0 Å². The van der Waals surface area contributed by atoms with Gasteiger partial charge in [0.2, 0.25) is 11.9 Å². The normalized spacial score (nSPS) is 12.0. The number of aromatic nitrogens is 8. The SMILES string of the molecule is c1ccc2c(-n3c4ccccc4c4cc(-c5ccc6c(c5)c5ccccc5n6-c5nc(-c6cc7ccccc7c7ccccc67)cc(-c6cc7ccccc7c7ccccc67)n5)ccc43)cccc2c1.c1ccc2cc(-n3c4ccccc4c4cc(-c5ccc6c(c5)c5ccccc5n6-c5nc(-c6cc7ccccc7c7ccccc67)cc(-c6cc7ccccc7c7ccccc67)n5)ccc43)ccc2c1. The van der Waals surface area contributed by atoms with Crippen molar-refractivity contribution in [3.8, 4) is 90.6 Å². The van der Waals surface area contributed by atoms with Crippen LogP contribution in [0.3, 0.4) is 0 Å². The molecule has 0 aliphatic heterocycles. The molecule has 648 valence electrons. The minimum Gasteiger partial charge on any atom is -0.309 e. The molecule has 0 fully saturated rings. The Morgan fingerprint density at radius 3 is 0.736 bits per heavy atom. The monoisotopic (exact) mass is 1780 g/mol. The van der Waals surface area contributed by atoms with E-state index in [1.807, 2.05) is 0 Å². The van der Waals surface area contributed by atoms with Crippen molar-refractivity contribution in [2.75, 3.05) is 0 Å². The van der Waals surface area contributed by atoms with Crippen molar-refractivity contribution >= 4 is 195 Å². The van der Waals surface area contributed by atoms with E-state index < -0.39 is 0 Å². The summed E-state index contributed by atoms with van der Waals surface area (Å²) in [6.45, 7) is 0. The van der Waals surface area contributed by atoms with Crippen LogP contribution in [0, 0.1) is 0 Å². The van der Waals surface area contributed by atoms with E-state index in [9.17, 15) is 0 Å². The summed E-state index contributed by atoms with van der Waals surface area (Å²) in [5, 5.41) is 33.5. The maximum absolute atomic E-state index is 5.61. The lowest BCUT2D eigenvalue weighted by Crippen LogP contribution is -2.04. The minimum absolute atomic E-state index is 0.628. The van der Waals surface area contributed by atoms with E-state index in [2.05, 4.69) is 504 Å². The van der Waals surface area contributed by atoms with Gasteiger partial charge < -0.3 is 9.13 Å². The molecule has 0 unspecified atom stereocenters. The van der Waals surface area contributed by atoms with Gasteiger partial charge in [-0.25, -0.2) is 19.9 Å². The molecule has 0 aliphatic carbocycles. The molecule has 0 spiro atoms. The first-order chi connectivity index (χ1) is 69.4. The van der Waals surface area contributed by atoms with Crippen molar-refractivity contribution in [3.05, 3.63) is 485 Å². The van der Waals surface area contributed by atoms with Gasteiger partial charge in [0.15, 0.2) is 0 Å². The lowest BCUT2D eigenvalue weighted by molar-refractivity contribution is 0.996. The predicted octanol–water partition coefficient (Wildman–Crippen LogP) is 34.9. The molecule has 0 bridgehead atoms. The van der Waals surface area contributed by atoms with Gasteiger partial charge in [-0.1, -0.05) is 358 Å². The average molecular weight is 1780 g/mol. The average Bonchev–Trinajstić information content (AvgIpc) is 1.50. The van der Waals surface area contributed by atoms with Crippen LogP contribution in [-0.2, 0) is 0 Å². The third-order valence-corrected chi connectivity index (χ3v) is 29.4. The smallest absolute Gasteiger partial charge is 0.235 e. The highest BCUT2D eigenvalue weighted by atomic mass is 15.2. The molecule has 6 heterocycles. The Labute approximate surface area is 803 Å². The number of hydrogen-bond acceptors (Lipinski definition) is 4. The summed E-state index contributed by atoms with van der Waals surface area (Å²) < 4.78 is 9.38. The molecule has 30 rings (SSSR count). The molecule has 0 atom stereocenters. The van der Waals surface area contributed by atoms with Crippen molar-refractivity contribution in [2.45, 2.75) is 0 Å². The Kier molecular flexibility index (Phi) is 17.7. The quantitative estimate of drug-likeness (QED) is 0.128. The zero-order valence-electron chi connectivity index (χ0n) is 75.8. The predicted molar refractivity (Wildman–Crippen MR) is 589 cm³/mol. The highest BCUT2D eigenvalue weighted by molar-refractivity contribution is 6.21. The van der Waals surface area contributed by atoms with Crippen LogP contribution in [0.2, 0.25) is 0 Å². The molecule has 6 aromatic heterocycles. The molecule has 0 aliphatic rings. The van der Waals surface area contributed by atoms with Crippen LogP contribution in [0.1, 0.15) is 0 Å². The van der Waals surface area contributed by atoms with E-state index in [1.165, 1.54) is 147 Å². The maximum Gasteiger partial charge on any atom is 0.235 e. The lowest BCUT2D eigenvalue weighted by atomic mass is 9.93. The Bertz CT molecular complexity index is 10200. The van der Waals surface area contributed by atoms with Crippen molar-refractivity contribution in [2.24, 2.45) is 0 Å². The van der Waals surface area contributed by atoms with Crippen LogP contribution in [0.15, 0.2) is 485 Å². The fourth-order valence-electron chi connectivity index (χ4n) is 23.0. The van der Waals surface area contributed by atoms with Gasteiger partial charge in [0, 0.05) is 76.4 Å². The van der Waals surface area contributed by atoms with Crippen molar-refractivity contribution in [1.29, 1.82) is 0 Å². The molecule has 30 aromatic rings. The molecule has 140 heavy (non-hydrogen) atoms. The van der Waals surface area contributed by atoms with Gasteiger partial charge in [-0.2, -0.15) is 0 Å². The summed E-state index contributed by atoms with van der Waals surface area (Å²) in [5.41, 5.74) is 23.7. The second kappa shape index (κ2) is 31.4. The molecule has 0 amide bonds. The van der Waals surface area contributed by atoms with E-state index in [4.69, 9.17) is 19.9 Å². The van der Waals surface area contributed by atoms with E-state index in [1.54, 1.807) is 0 Å². The van der Waals surface area contributed by atoms with E-state index in [-0.39, 0.29) is 0 Å². The van der Waals surface area contributed by atoms with Crippen LogP contribution in [0.25, 0.3) is 286 Å². The van der Waals surface area contributed by atoms with Gasteiger partial charge in [0.25, 0.3) is 0 Å². The van der Waals surface area contributed by atoms with Crippen LogP contribution < -0.4 is 0 Å². The van der Waals surface area contributed by atoms with Gasteiger partial charge in [0.05, 0.1) is 72.6 Å². The van der Waals surface area contributed by atoms with Crippen LogP contribution >= 0.6 is 0 Å². The second-order valence-corrected chi connectivity index (χ2v) is 37.0. The third kappa shape index (κ3) is 12.4. The first-order valence-electron chi connectivity index (χ1n) is 48.0. The number of para-hydroxylation sites is 4. The second-order valence-electron chi connectivity index (χ2n) is 37.0. The van der Waals surface area contributed by atoms with E-state index in [0.717, 1.165) is 127 Å². The molecule has 8 heteroatoms. The number of fused-ring (bicyclic) bond motifs is 26. The highest BCUT2D eigenvalue weighted by Gasteiger charge is 2.27. The molecular formula is C132H80N8. The summed E-state index contributed by atoms with van der Waals surface area (Å²) in [7, 11) is 0. The van der Waals surface area contributed by atoms with Gasteiger partial charge in [0.1, 0.15) is 0 Å². The molecule has 8 nitrogen and oxygen atoms in total. The minimum atomic E-state index is 0.628. The van der Waals surface area contributed by atoms with Gasteiger partial charge in [-0.15, -0.1) is 0 Å². The fourth-order valence-corrected chi connectivity index (χ4v) is 23.0. The molecule has 0 saturated heterocycles. The first kappa shape index (κ1) is 78.7. The van der Waals surface area contributed by atoms with Crippen molar-refractivity contribution < 1.29 is 0 Å². The number of rotatable bonds is 10. The Morgan fingerprint density at radius 2 is 0.379 bits per heavy atom. The summed E-state index contributed by atoms with van der Waals surface area (Å²) in [6, 6.07) is 176. The van der Waals surface area contributed by atoms with Crippen LogP contribution in [-0.4, -0.2) is 38.2 Å². The van der Waals surface area contributed by atoms with Crippen molar-refractivity contribution in [3.63, 3.8) is 0 Å². The number of hydrogen-bond donors (Lipinski definition) is 0. The Morgan fingerprint density at radius 1 is 0.129 bits per heavy atom. The topological polar surface area (TPSA) is 71.3 Å². The largest absolute Gasteiger partial charge is 0.309 e. The molecular weight excluding hydrogens is 1700 g/mol. The zero-order chi connectivity index (χ0) is 91.7. The van der Waals surface area contributed by atoms with Gasteiger partial charge >= 0.3 is 0 Å². The van der Waals surface area contributed by atoms with Gasteiger partial charge in [-0.05, 0) is 252 Å². The van der Waals surface area contributed by atoms with Crippen LogP contribution in [0.4, 0.5) is 0 Å². The standard InChI is InChI=1S/2C66H40N4/c1-6-22-48-41(16-1)19-15-31-61(48)69-62-29-13-11-27-53(62)57-36-42(32-34-64(57)69)43-33-35-65-58(37-43)54-28-12-14-30-63(54)70(65)66-67-59(55-38-44-17-2-4-20-46(44)49-23-7-9-25-51(49)55)40-60(68-66)56-39-45-18-3-5-21-47(45)50-24-8-10-26-52(50)56;1-2-16-42-35-47(32-29-41(42)15-1)69-62-27-13-11-25-54(62)58-36-43(30-33-64(58)69)44-31-34-65-59(37-44)55-26-12-14-28-63(55)70(65)66-67-60(56-38-45-17-3-5-19-48(45)50-21-7-9-23-52(50)56)40-61(68-66)57-39-46-18-4-6-20-49(46)51-22-8-10-24-53(51)57/h2*1-40H. The molecule has 0 N–H and O–H groups in total. The third-order valence-electron chi connectivity index (χ3n) is 29.4. The Hall–Kier alpha value is -18.8. The summed E-state index contributed by atoms with van der Waals surface area (Å²) in [4.78, 5) is 22.4. The lowest BCUT2D eigenvalue weighted by Gasteiger charge is -2.16. The first-order valence-corrected chi connectivity index (χ1v) is 48.0. The number of benzene rings is 24. The van der Waals surface area contributed by atoms with E-state index >= 15 is 0 Å². The highest BCUT2D eigenvalue weighted by Crippen LogP contribution is 2.48. The maximum atomic E-state index is 5.61. The van der Waals surface area contributed by atoms with Crippen molar-refractivity contribution in [1.82, 2.24) is 38.2 Å². The summed E-state index contributed by atoms with van der Waals surface area (Å²) in [5.74, 6) is 1.26. The van der Waals surface area contributed by atoms with E-state index in [0.29, 0.717) is 11.9 Å². The number of nitrogens with zero attached hydrogens (tertiary/aromatic N) is 8. The Balaban J connectivity index is 0.000000134. The zero-order valence-corrected chi connectivity index (χ0v) is 75.8. The molecule has 0 saturated carbocycles. The fraction of sp³-hybridized carbons (Fsp3) is 0.